The second-order valence-corrected chi connectivity index (χ2v) is 6.32. The number of hydrogen-bond acceptors (Lipinski definition) is 5. The first kappa shape index (κ1) is 13.7. The first-order valence-corrected chi connectivity index (χ1v) is 7.26. The highest BCUT2D eigenvalue weighted by molar-refractivity contribution is 7.91. The Morgan fingerprint density at radius 1 is 1.29 bits per heavy atom. The predicted octanol–water partition coefficient (Wildman–Crippen LogP) is 1.59. The monoisotopic (exact) mass is 269 g/mol. The second-order valence-electron chi connectivity index (χ2n) is 3.24. The third-order valence-electron chi connectivity index (χ3n) is 1.96. The highest BCUT2D eigenvalue weighted by Gasteiger charge is 2.15. The van der Waals surface area contributed by atoms with Crippen molar-refractivity contribution in [2.75, 3.05) is 6.54 Å². The van der Waals surface area contributed by atoms with Gasteiger partial charge < -0.3 is 0 Å². The van der Waals surface area contributed by atoms with Crippen LogP contribution < -0.4 is 4.72 Å². The number of thiophene rings is 1. The molecule has 0 atom stereocenters. The Morgan fingerprint density at radius 3 is 2.65 bits per heavy atom. The molecule has 0 saturated carbocycles. The molecule has 0 spiro atoms. The minimum atomic E-state index is -3.50. The van der Waals surface area contributed by atoms with Gasteiger partial charge >= 0.3 is 0 Å². The van der Waals surface area contributed by atoms with E-state index in [2.05, 4.69) is 4.72 Å². The van der Waals surface area contributed by atoms with Gasteiger partial charge in [-0.3, -0.25) is 0 Å². The molecule has 1 heterocycles. The predicted molar refractivity (Wildman–Crippen MR) is 63.7 cm³/mol. The van der Waals surface area contributed by atoms with Gasteiger partial charge in [0, 0.05) is 13.0 Å². The van der Waals surface area contributed by atoms with Crippen LogP contribution in [0.3, 0.4) is 0 Å². The van der Waals surface area contributed by atoms with Crippen LogP contribution in [-0.2, 0) is 10.0 Å². The van der Waals surface area contributed by atoms with Crippen molar-refractivity contribution in [3.8, 4) is 12.1 Å². The average Bonchev–Trinajstić information content (AvgIpc) is 2.78. The first-order valence-electron chi connectivity index (χ1n) is 4.96. The van der Waals surface area contributed by atoms with E-state index in [1.54, 1.807) is 0 Å². The van der Waals surface area contributed by atoms with E-state index in [4.69, 9.17) is 10.5 Å². The van der Waals surface area contributed by atoms with E-state index in [-0.39, 0.29) is 4.21 Å². The minimum absolute atomic E-state index is 0.148. The molecule has 0 aromatic carbocycles. The molecule has 5 nitrogen and oxygen atoms in total. The summed E-state index contributed by atoms with van der Waals surface area (Å²) in [6, 6.07) is 6.79. The van der Waals surface area contributed by atoms with Gasteiger partial charge in [-0.2, -0.15) is 10.5 Å². The molecule has 7 heteroatoms. The topological polar surface area (TPSA) is 93.8 Å². The van der Waals surface area contributed by atoms with Gasteiger partial charge in [0.05, 0.1) is 6.07 Å². The van der Waals surface area contributed by atoms with Crippen LogP contribution in [0.5, 0.6) is 0 Å². The van der Waals surface area contributed by atoms with E-state index >= 15 is 0 Å². The van der Waals surface area contributed by atoms with Crippen LogP contribution in [0.4, 0.5) is 0 Å². The molecule has 0 aliphatic carbocycles. The highest BCUT2D eigenvalue weighted by atomic mass is 32.2. The molecule has 0 fully saturated rings. The van der Waals surface area contributed by atoms with Gasteiger partial charge in [0.15, 0.2) is 0 Å². The average molecular weight is 269 g/mol. The van der Waals surface area contributed by atoms with E-state index in [0.29, 0.717) is 30.7 Å². The van der Waals surface area contributed by atoms with Gasteiger partial charge in [-0.15, -0.1) is 11.3 Å². The van der Waals surface area contributed by atoms with Crippen LogP contribution in [0, 0.1) is 22.7 Å². The zero-order valence-corrected chi connectivity index (χ0v) is 10.6. The van der Waals surface area contributed by atoms with Crippen LogP contribution in [-0.4, -0.2) is 15.0 Å². The van der Waals surface area contributed by atoms with Crippen molar-refractivity contribution in [3.63, 3.8) is 0 Å². The summed E-state index contributed by atoms with van der Waals surface area (Å²) in [5.74, 6) is 0. The van der Waals surface area contributed by atoms with Crippen molar-refractivity contribution in [2.45, 2.75) is 23.5 Å². The molecule has 0 aliphatic heterocycles. The van der Waals surface area contributed by atoms with Crippen molar-refractivity contribution in [1.29, 1.82) is 10.5 Å². The Morgan fingerprint density at radius 2 is 2.06 bits per heavy atom. The van der Waals surface area contributed by atoms with E-state index in [0.717, 1.165) is 11.3 Å². The molecule has 90 valence electrons. The molecular weight excluding hydrogens is 258 g/mol. The molecule has 0 bridgehead atoms. The van der Waals surface area contributed by atoms with Crippen molar-refractivity contribution >= 4 is 21.4 Å². The van der Waals surface area contributed by atoms with Crippen LogP contribution in [0.2, 0.25) is 0 Å². The van der Waals surface area contributed by atoms with E-state index < -0.39 is 10.0 Å². The molecule has 0 saturated heterocycles. The van der Waals surface area contributed by atoms with E-state index in [1.807, 2.05) is 12.1 Å². The molecule has 1 rings (SSSR count). The molecule has 17 heavy (non-hydrogen) atoms. The summed E-state index contributed by atoms with van der Waals surface area (Å²) in [7, 11) is -3.50. The number of nitrogens with one attached hydrogen (secondary N) is 1. The summed E-state index contributed by atoms with van der Waals surface area (Å²) in [5, 5.41) is 16.9. The van der Waals surface area contributed by atoms with Crippen LogP contribution in [0.25, 0.3) is 0 Å². The zero-order chi connectivity index (χ0) is 12.7. The fourth-order valence-electron chi connectivity index (χ4n) is 1.13. The number of nitriles is 2. The van der Waals surface area contributed by atoms with E-state index in [1.165, 1.54) is 12.1 Å². The zero-order valence-electron chi connectivity index (χ0n) is 9.01. The Labute approximate surface area is 104 Å². The molecule has 0 amide bonds. The van der Waals surface area contributed by atoms with Crippen molar-refractivity contribution in [3.05, 3.63) is 17.0 Å². The minimum Gasteiger partial charge on any atom is -0.210 e. The Bertz CT molecular complexity index is 549. The van der Waals surface area contributed by atoms with Gasteiger partial charge in [-0.1, -0.05) is 0 Å². The fraction of sp³-hybridized carbons (Fsp3) is 0.400. The lowest BCUT2D eigenvalue weighted by atomic mass is 10.2. The summed E-state index contributed by atoms with van der Waals surface area (Å²) in [4.78, 5) is 0.370. The maximum atomic E-state index is 11.7. The number of hydrogen-bond donors (Lipinski definition) is 1. The Kier molecular flexibility index (Phi) is 5.11. The number of rotatable bonds is 6. The second kappa shape index (κ2) is 6.36. The number of nitrogens with zero attached hydrogens (tertiary/aromatic N) is 2. The lowest BCUT2D eigenvalue weighted by Gasteiger charge is -2.02. The molecule has 1 aromatic heterocycles. The fourth-order valence-corrected chi connectivity index (χ4v) is 3.35. The molecule has 1 aromatic rings. The third-order valence-corrected chi connectivity index (χ3v) is 4.91. The van der Waals surface area contributed by atoms with Gasteiger partial charge in [0.2, 0.25) is 10.0 Å². The van der Waals surface area contributed by atoms with Crippen molar-refractivity contribution in [2.24, 2.45) is 0 Å². The molecule has 0 radical (unpaired) electrons. The molecule has 0 unspecified atom stereocenters. The largest absolute Gasteiger partial charge is 0.250 e. The van der Waals surface area contributed by atoms with E-state index in [9.17, 15) is 8.42 Å². The van der Waals surface area contributed by atoms with Crippen LogP contribution in [0.1, 0.15) is 24.1 Å². The maximum absolute atomic E-state index is 11.7. The van der Waals surface area contributed by atoms with Crippen molar-refractivity contribution in [1.82, 2.24) is 4.72 Å². The Hall–Kier alpha value is -1.41. The van der Waals surface area contributed by atoms with Gasteiger partial charge in [-0.05, 0) is 25.0 Å². The summed E-state index contributed by atoms with van der Waals surface area (Å²) in [6.45, 7) is 0.309. The molecule has 0 aliphatic rings. The lowest BCUT2D eigenvalue weighted by molar-refractivity contribution is 0.579. The summed E-state index contributed by atoms with van der Waals surface area (Å²) in [5.41, 5.74) is 0. The van der Waals surface area contributed by atoms with Gasteiger partial charge in [-0.25, -0.2) is 13.1 Å². The van der Waals surface area contributed by atoms with Crippen molar-refractivity contribution < 1.29 is 8.42 Å². The van der Waals surface area contributed by atoms with Crippen LogP contribution >= 0.6 is 11.3 Å². The third kappa shape index (κ3) is 4.16. The standard InChI is InChI=1S/C10H11N3O2S2/c11-6-2-1-3-7-13-17(14,15)10-5-4-9(8-12)16-10/h4-5,13H,1-3,7H2. The lowest BCUT2D eigenvalue weighted by Crippen LogP contribution is -2.23. The number of unbranched alkanes of at least 4 members (excludes halogenated alkanes) is 2. The normalized spacial score (nSPS) is 10.7. The maximum Gasteiger partial charge on any atom is 0.250 e. The highest BCUT2D eigenvalue weighted by Crippen LogP contribution is 2.20. The SMILES string of the molecule is N#CCCCCNS(=O)(=O)c1ccc(C#N)s1. The smallest absolute Gasteiger partial charge is 0.210 e. The van der Waals surface area contributed by atoms with Crippen LogP contribution in [0.15, 0.2) is 16.3 Å². The summed E-state index contributed by atoms with van der Waals surface area (Å²) < 4.78 is 26.0. The first-order chi connectivity index (χ1) is 8.10. The molecular formula is C10H11N3O2S2. The van der Waals surface area contributed by atoms with Gasteiger partial charge in [0.25, 0.3) is 0 Å². The summed E-state index contributed by atoms with van der Waals surface area (Å²) >= 11 is 0.944. The van der Waals surface area contributed by atoms with Gasteiger partial charge in [0.1, 0.15) is 15.2 Å². The quantitative estimate of drug-likeness (QED) is 0.793. The number of sulfonamides is 1. The summed E-state index contributed by atoms with van der Waals surface area (Å²) in [6.07, 6.45) is 1.73. The molecule has 1 N–H and O–H groups in total. The Balaban J connectivity index is 2.52.